The summed E-state index contributed by atoms with van der Waals surface area (Å²) in [6.07, 6.45) is 6.47. The molecule has 110 valence electrons. The van der Waals surface area contributed by atoms with Crippen LogP contribution in [0.3, 0.4) is 0 Å². The summed E-state index contributed by atoms with van der Waals surface area (Å²) >= 11 is 0. The average molecular weight is 284 g/mol. The first-order chi connectivity index (χ1) is 10.0. The van der Waals surface area contributed by atoms with Crippen LogP contribution in [0.2, 0.25) is 0 Å². The Kier molecular flexibility index (Phi) is 2.54. The van der Waals surface area contributed by atoms with Crippen molar-refractivity contribution in [2.24, 2.45) is 17.3 Å². The number of carbonyl (C=O) groups excluding carboxylic acids is 1. The highest BCUT2D eigenvalue weighted by Gasteiger charge is 2.52. The monoisotopic (exact) mass is 284 g/mol. The van der Waals surface area contributed by atoms with E-state index in [9.17, 15) is 15.0 Å². The van der Waals surface area contributed by atoms with E-state index in [1.54, 1.807) is 6.07 Å². The Labute approximate surface area is 123 Å². The van der Waals surface area contributed by atoms with Crippen LogP contribution in [0.1, 0.15) is 39.0 Å². The minimum Gasteiger partial charge on any atom is -0.504 e. The molecule has 3 aliphatic carbocycles. The molecule has 0 spiro atoms. The van der Waals surface area contributed by atoms with Crippen molar-refractivity contribution in [3.8, 4) is 11.5 Å². The summed E-state index contributed by atoms with van der Waals surface area (Å²) in [7, 11) is 0. The Balaban J connectivity index is 1.91. The molecule has 0 amide bonds. The van der Waals surface area contributed by atoms with Gasteiger partial charge in [0, 0.05) is 17.1 Å². The van der Waals surface area contributed by atoms with E-state index in [1.165, 1.54) is 5.57 Å². The maximum Gasteiger partial charge on any atom is 0.165 e. The molecular formula is C18H20O3. The van der Waals surface area contributed by atoms with E-state index in [2.05, 4.69) is 6.92 Å². The number of fused-ring (bicyclic) bond motifs is 4. The molecule has 0 aromatic heterocycles. The van der Waals surface area contributed by atoms with Gasteiger partial charge in [-0.3, -0.25) is 4.79 Å². The number of hydrogen-bond donors (Lipinski definition) is 2. The largest absolute Gasteiger partial charge is 0.504 e. The van der Waals surface area contributed by atoms with Gasteiger partial charge in [0.2, 0.25) is 0 Å². The van der Waals surface area contributed by atoms with Crippen LogP contribution in [0, 0.1) is 17.3 Å². The van der Waals surface area contributed by atoms with Crippen molar-refractivity contribution >= 4 is 17.4 Å². The van der Waals surface area contributed by atoms with E-state index < -0.39 is 0 Å². The summed E-state index contributed by atoms with van der Waals surface area (Å²) in [4.78, 5) is 12.3. The molecule has 0 aliphatic heterocycles. The summed E-state index contributed by atoms with van der Waals surface area (Å²) in [5.41, 5.74) is 1.23. The molecule has 1 aromatic carbocycles. The Hall–Kier alpha value is -1.77. The zero-order valence-electron chi connectivity index (χ0n) is 12.2. The fraction of sp³-hybridized carbons (Fsp3) is 0.500. The van der Waals surface area contributed by atoms with Gasteiger partial charge < -0.3 is 10.2 Å². The van der Waals surface area contributed by atoms with Crippen LogP contribution in [-0.2, 0) is 4.79 Å². The van der Waals surface area contributed by atoms with Gasteiger partial charge in [0.15, 0.2) is 11.5 Å². The molecule has 0 saturated heterocycles. The Bertz CT molecular complexity index is 761. The topological polar surface area (TPSA) is 57.5 Å². The smallest absolute Gasteiger partial charge is 0.165 e. The van der Waals surface area contributed by atoms with Crippen LogP contribution in [0.25, 0.3) is 11.6 Å². The van der Waals surface area contributed by atoms with Crippen molar-refractivity contribution in [3.05, 3.63) is 22.6 Å². The Morgan fingerprint density at radius 1 is 1.24 bits per heavy atom. The molecular weight excluding hydrogens is 264 g/mol. The molecule has 3 atom stereocenters. The maximum absolute atomic E-state index is 12.3. The number of ketones is 1. The van der Waals surface area contributed by atoms with Crippen molar-refractivity contribution in [1.82, 2.24) is 0 Å². The first-order valence-electron chi connectivity index (χ1n) is 7.80. The minimum atomic E-state index is -0.140. The van der Waals surface area contributed by atoms with Crippen molar-refractivity contribution in [3.63, 3.8) is 0 Å². The van der Waals surface area contributed by atoms with Gasteiger partial charge in [-0.05, 0) is 48.8 Å². The SMILES string of the molecule is CC12CCC3=c4ccc(O)c(O)c4=CCC3C1CCC2=O. The number of Topliss-reactive ketones (excluding diaryl/α,β-unsaturated/α-hetero) is 1. The third kappa shape index (κ3) is 1.57. The molecule has 3 heteroatoms. The molecule has 4 rings (SSSR count). The van der Waals surface area contributed by atoms with E-state index in [0.717, 1.165) is 42.5 Å². The first-order valence-corrected chi connectivity index (χ1v) is 7.80. The van der Waals surface area contributed by atoms with Crippen LogP contribution in [-0.4, -0.2) is 16.0 Å². The molecule has 0 bridgehead atoms. The summed E-state index contributed by atoms with van der Waals surface area (Å²) in [5, 5.41) is 21.6. The number of phenols is 2. The summed E-state index contributed by atoms with van der Waals surface area (Å²) in [6, 6.07) is 3.49. The number of aromatic hydroxyl groups is 2. The first kappa shape index (κ1) is 12.9. The van der Waals surface area contributed by atoms with E-state index >= 15 is 0 Å². The van der Waals surface area contributed by atoms with E-state index in [0.29, 0.717) is 17.6 Å². The standard InChI is InChI=1S/C18H20O3/c1-18-9-8-11-10-4-6-15(19)17(21)13(10)3-2-12(11)14(18)5-7-16(18)20/h3-4,6,12,14,19,21H,2,5,7-9H2,1H3. The second-order valence-electron chi connectivity index (χ2n) is 6.95. The van der Waals surface area contributed by atoms with E-state index in [1.807, 2.05) is 12.1 Å². The van der Waals surface area contributed by atoms with Crippen LogP contribution in [0.4, 0.5) is 0 Å². The van der Waals surface area contributed by atoms with Crippen molar-refractivity contribution in [2.45, 2.75) is 39.0 Å². The van der Waals surface area contributed by atoms with Crippen LogP contribution in [0.5, 0.6) is 11.5 Å². The van der Waals surface area contributed by atoms with Crippen molar-refractivity contribution < 1.29 is 15.0 Å². The van der Waals surface area contributed by atoms with Crippen LogP contribution < -0.4 is 10.4 Å². The summed E-state index contributed by atoms with van der Waals surface area (Å²) in [6.45, 7) is 2.15. The number of carbonyl (C=O) groups is 1. The lowest BCUT2D eigenvalue weighted by Crippen LogP contribution is -2.43. The quantitative estimate of drug-likeness (QED) is 0.715. The van der Waals surface area contributed by atoms with E-state index in [-0.39, 0.29) is 16.9 Å². The Morgan fingerprint density at radius 2 is 2.05 bits per heavy atom. The zero-order chi connectivity index (χ0) is 14.8. The fourth-order valence-corrected chi connectivity index (χ4v) is 4.86. The van der Waals surface area contributed by atoms with Gasteiger partial charge in [0.05, 0.1) is 0 Å². The van der Waals surface area contributed by atoms with Gasteiger partial charge in [-0.2, -0.15) is 0 Å². The van der Waals surface area contributed by atoms with Gasteiger partial charge in [-0.1, -0.05) is 24.6 Å². The van der Waals surface area contributed by atoms with Crippen molar-refractivity contribution in [1.29, 1.82) is 0 Å². The highest BCUT2D eigenvalue weighted by Crippen LogP contribution is 2.55. The van der Waals surface area contributed by atoms with Crippen molar-refractivity contribution in [2.75, 3.05) is 0 Å². The van der Waals surface area contributed by atoms with E-state index in [4.69, 9.17) is 0 Å². The highest BCUT2D eigenvalue weighted by molar-refractivity contribution is 5.88. The molecule has 3 unspecified atom stereocenters. The van der Waals surface area contributed by atoms with Gasteiger partial charge in [-0.15, -0.1) is 0 Å². The molecule has 1 aromatic rings. The second-order valence-corrected chi connectivity index (χ2v) is 6.95. The molecule has 3 aliphatic rings. The Morgan fingerprint density at radius 3 is 2.86 bits per heavy atom. The van der Waals surface area contributed by atoms with Gasteiger partial charge in [0.1, 0.15) is 5.78 Å². The molecule has 2 N–H and O–H groups in total. The number of rotatable bonds is 0. The lowest BCUT2D eigenvalue weighted by molar-refractivity contribution is -0.127. The highest BCUT2D eigenvalue weighted by atomic mass is 16.3. The predicted octanol–water partition coefficient (Wildman–Crippen LogP) is 1.83. The van der Waals surface area contributed by atoms with Crippen LogP contribution >= 0.6 is 0 Å². The number of phenolic OH excluding ortho intramolecular Hbond substituents is 2. The third-order valence-corrected chi connectivity index (χ3v) is 6.10. The average Bonchev–Trinajstić information content (AvgIpc) is 2.78. The fourth-order valence-electron chi connectivity index (χ4n) is 4.86. The van der Waals surface area contributed by atoms with Gasteiger partial charge in [-0.25, -0.2) is 0 Å². The lowest BCUT2D eigenvalue weighted by atomic mass is 9.60. The summed E-state index contributed by atoms with van der Waals surface area (Å²) in [5.74, 6) is 1.24. The molecule has 2 fully saturated rings. The lowest BCUT2D eigenvalue weighted by Gasteiger charge is -2.43. The molecule has 21 heavy (non-hydrogen) atoms. The maximum atomic E-state index is 12.3. The summed E-state index contributed by atoms with van der Waals surface area (Å²) < 4.78 is 0. The second kappa shape index (κ2) is 4.12. The minimum absolute atomic E-state index is 0.00529. The predicted molar refractivity (Wildman–Crippen MR) is 80.1 cm³/mol. The van der Waals surface area contributed by atoms with Crippen LogP contribution in [0.15, 0.2) is 12.1 Å². The zero-order valence-corrected chi connectivity index (χ0v) is 12.2. The molecule has 0 heterocycles. The molecule has 2 saturated carbocycles. The van der Waals surface area contributed by atoms with Gasteiger partial charge >= 0.3 is 0 Å². The van der Waals surface area contributed by atoms with Gasteiger partial charge in [0.25, 0.3) is 0 Å². The number of benzene rings is 1. The normalized spacial score (nSPS) is 34.0. The number of hydrogen-bond acceptors (Lipinski definition) is 3. The molecule has 0 radical (unpaired) electrons. The molecule has 3 nitrogen and oxygen atoms in total. The third-order valence-electron chi connectivity index (χ3n) is 6.10.